The van der Waals surface area contributed by atoms with Crippen molar-refractivity contribution in [3.63, 3.8) is 0 Å². The standard InChI is InChI=1S/C16H27NO2/c1-4-11-18-12-13-19-16-10-8-7-9-14(16)15(5-2)17-6-3/h7-10,15,17H,4-6,11-13H2,1-3H3. The molecule has 3 nitrogen and oxygen atoms in total. The summed E-state index contributed by atoms with van der Waals surface area (Å²) in [7, 11) is 0. The summed E-state index contributed by atoms with van der Waals surface area (Å²) in [4.78, 5) is 0. The third kappa shape index (κ3) is 5.62. The predicted octanol–water partition coefficient (Wildman–Crippen LogP) is 3.55. The van der Waals surface area contributed by atoms with Crippen LogP contribution < -0.4 is 10.1 Å². The Morgan fingerprint density at radius 2 is 1.84 bits per heavy atom. The molecule has 0 saturated heterocycles. The van der Waals surface area contributed by atoms with E-state index in [2.05, 4.69) is 38.2 Å². The lowest BCUT2D eigenvalue weighted by Crippen LogP contribution is -2.21. The monoisotopic (exact) mass is 265 g/mol. The van der Waals surface area contributed by atoms with Crippen molar-refractivity contribution < 1.29 is 9.47 Å². The summed E-state index contributed by atoms with van der Waals surface area (Å²) in [6.07, 6.45) is 2.11. The first-order valence-corrected chi connectivity index (χ1v) is 7.36. The molecule has 1 unspecified atom stereocenters. The molecule has 0 aliphatic carbocycles. The van der Waals surface area contributed by atoms with Crippen LogP contribution in [-0.2, 0) is 4.74 Å². The van der Waals surface area contributed by atoms with E-state index in [4.69, 9.17) is 9.47 Å². The average molecular weight is 265 g/mol. The quantitative estimate of drug-likeness (QED) is 0.656. The molecule has 1 N–H and O–H groups in total. The van der Waals surface area contributed by atoms with Crippen LogP contribution in [0.15, 0.2) is 24.3 Å². The van der Waals surface area contributed by atoms with Crippen LogP contribution in [0.2, 0.25) is 0 Å². The molecule has 0 aliphatic rings. The van der Waals surface area contributed by atoms with E-state index in [9.17, 15) is 0 Å². The molecule has 0 aromatic heterocycles. The second kappa shape index (κ2) is 9.82. The lowest BCUT2D eigenvalue weighted by molar-refractivity contribution is 0.100. The molecular formula is C16H27NO2. The van der Waals surface area contributed by atoms with Crippen molar-refractivity contribution in [1.82, 2.24) is 5.32 Å². The molecule has 19 heavy (non-hydrogen) atoms. The highest BCUT2D eigenvalue weighted by Crippen LogP contribution is 2.26. The molecule has 0 saturated carbocycles. The van der Waals surface area contributed by atoms with E-state index in [1.807, 2.05) is 12.1 Å². The highest BCUT2D eigenvalue weighted by atomic mass is 16.5. The van der Waals surface area contributed by atoms with Crippen LogP contribution in [0.25, 0.3) is 0 Å². The van der Waals surface area contributed by atoms with E-state index in [0.29, 0.717) is 19.3 Å². The molecule has 0 heterocycles. The van der Waals surface area contributed by atoms with Crippen molar-refractivity contribution in [3.05, 3.63) is 29.8 Å². The molecule has 0 bridgehead atoms. The molecular weight excluding hydrogens is 238 g/mol. The average Bonchev–Trinajstić information content (AvgIpc) is 2.45. The van der Waals surface area contributed by atoms with E-state index >= 15 is 0 Å². The van der Waals surface area contributed by atoms with Gasteiger partial charge in [0.15, 0.2) is 0 Å². The van der Waals surface area contributed by atoms with Crippen molar-refractivity contribution in [2.75, 3.05) is 26.4 Å². The van der Waals surface area contributed by atoms with Gasteiger partial charge in [-0.2, -0.15) is 0 Å². The normalized spacial score (nSPS) is 12.4. The van der Waals surface area contributed by atoms with Gasteiger partial charge in [0.25, 0.3) is 0 Å². The number of ether oxygens (including phenoxy) is 2. The maximum Gasteiger partial charge on any atom is 0.124 e. The minimum Gasteiger partial charge on any atom is -0.491 e. The summed E-state index contributed by atoms with van der Waals surface area (Å²) in [5.41, 5.74) is 1.24. The van der Waals surface area contributed by atoms with Gasteiger partial charge < -0.3 is 14.8 Å². The molecule has 0 fully saturated rings. The lowest BCUT2D eigenvalue weighted by Gasteiger charge is -2.20. The van der Waals surface area contributed by atoms with Gasteiger partial charge in [-0.1, -0.05) is 39.0 Å². The van der Waals surface area contributed by atoms with Crippen LogP contribution in [0.3, 0.4) is 0 Å². The summed E-state index contributed by atoms with van der Waals surface area (Å²) in [5, 5.41) is 3.49. The fraction of sp³-hybridized carbons (Fsp3) is 0.625. The van der Waals surface area contributed by atoms with Gasteiger partial charge in [-0.05, 0) is 25.5 Å². The van der Waals surface area contributed by atoms with Gasteiger partial charge in [0.2, 0.25) is 0 Å². The third-order valence-corrected chi connectivity index (χ3v) is 2.99. The Bertz CT molecular complexity index is 341. The van der Waals surface area contributed by atoms with Gasteiger partial charge >= 0.3 is 0 Å². The van der Waals surface area contributed by atoms with Crippen molar-refractivity contribution in [1.29, 1.82) is 0 Å². The van der Waals surface area contributed by atoms with Crippen molar-refractivity contribution in [3.8, 4) is 5.75 Å². The van der Waals surface area contributed by atoms with E-state index in [-0.39, 0.29) is 0 Å². The largest absolute Gasteiger partial charge is 0.491 e. The second-order valence-corrected chi connectivity index (χ2v) is 4.52. The first-order chi connectivity index (χ1) is 9.33. The third-order valence-electron chi connectivity index (χ3n) is 2.99. The Morgan fingerprint density at radius 3 is 2.53 bits per heavy atom. The van der Waals surface area contributed by atoms with Crippen LogP contribution in [-0.4, -0.2) is 26.4 Å². The first kappa shape index (κ1) is 16.0. The molecule has 0 spiro atoms. The van der Waals surface area contributed by atoms with Gasteiger partial charge in [-0.25, -0.2) is 0 Å². The maximum atomic E-state index is 5.85. The van der Waals surface area contributed by atoms with Crippen molar-refractivity contribution in [2.24, 2.45) is 0 Å². The molecule has 1 aromatic carbocycles. The first-order valence-electron chi connectivity index (χ1n) is 7.36. The molecule has 3 heteroatoms. The number of nitrogens with one attached hydrogen (secondary N) is 1. The molecule has 1 rings (SSSR count). The summed E-state index contributed by atoms with van der Waals surface area (Å²) in [6.45, 7) is 9.46. The minimum absolute atomic E-state index is 0.359. The Labute approximate surface area is 117 Å². The topological polar surface area (TPSA) is 30.5 Å². The number of hydrogen-bond donors (Lipinski definition) is 1. The van der Waals surface area contributed by atoms with Gasteiger partial charge in [-0.3, -0.25) is 0 Å². The number of benzene rings is 1. The second-order valence-electron chi connectivity index (χ2n) is 4.52. The van der Waals surface area contributed by atoms with Gasteiger partial charge in [0.05, 0.1) is 6.61 Å². The number of para-hydroxylation sites is 1. The molecule has 108 valence electrons. The van der Waals surface area contributed by atoms with Crippen molar-refractivity contribution in [2.45, 2.75) is 39.7 Å². The van der Waals surface area contributed by atoms with E-state index in [0.717, 1.165) is 31.7 Å². The van der Waals surface area contributed by atoms with Crippen LogP contribution in [0.1, 0.15) is 45.2 Å². The Morgan fingerprint density at radius 1 is 1.05 bits per heavy atom. The highest BCUT2D eigenvalue weighted by Gasteiger charge is 2.12. The summed E-state index contributed by atoms with van der Waals surface area (Å²) in [5.74, 6) is 0.968. The van der Waals surface area contributed by atoms with Crippen molar-refractivity contribution >= 4 is 0 Å². The van der Waals surface area contributed by atoms with Crippen LogP contribution in [0.5, 0.6) is 5.75 Å². The number of rotatable bonds is 10. The van der Waals surface area contributed by atoms with Gasteiger partial charge in [-0.15, -0.1) is 0 Å². The maximum absolute atomic E-state index is 5.85. The Kier molecular flexibility index (Phi) is 8.26. The van der Waals surface area contributed by atoms with Crippen LogP contribution >= 0.6 is 0 Å². The zero-order valence-corrected chi connectivity index (χ0v) is 12.4. The van der Waals surface area contributed by atoms with Crippen LogP contribution in [0, 0.1) is 0 Å². The molecule has 0 amide bonds. The Balaban J connectivity index is 2.56. The SMILES string of the molecule is CCCOCCOc1ccccc1C(CC)NCC. The highest BCUT2D eigenvalue weighted by molar-refractivity contribution is 5.35. The summed E-state index contributed by atoms with van der Waals surface area (Å²) < 4.78 is 11.3. The van der Waals surface area contributed by atoms with E-state index < -0.39 is 0 Å². The molecule has 1 aromatic rings. The fourth-order valence-electron chi connectivity index (χ4n) is 2.08. The molecule has 1 atom stereocenters. The summed E-state index contributed by atoms with van der Waals surface area (Å²) >= 11 is 0. The molecule has 0 aliphatic heterocycles. The predicted molar refractivity (Wildman–Crippen MR) is 79.8 cm³/mol. The molecule has 0 radical (unpaired) electrons. The zero-order valence-electron chi connectivity index (χ0n) is 12.4. The zero-order chi connectivity index (χ0) is 13.9. The van der Waals surface area contributed by atoms with Crippen LogP contribution in [0.4, 0.5) is 0 Å². The van der Waals surface area contributed by atoms with Gasteiger partial charge in [0.1, 0.15) is 12.4 Å². The summed E-state index contributed by atoms with van der Waals surface area (Å²) in [6, 6.07) is 8.62. The van der Waals surface area contributed by atoms with E-state index in [1.165, 1.54) is 5.56 Å². The smallest absolute Gasteiger partial charge is 0.124 e. The number of hydrogen-bond acceptors (Lipinski definition) is 3. The Hall–Kier alpha value is -1.06. The van der Waals surface area contributed by atoms with Gasteiger partial charge in [0, 0.05) is 18.2 Å². The minimum atomic E-state index is 0.359. The lowest BCUT2D eigenvalue weighted by atomic mass is 10.0. The fourth-order valence-corrected chi connectivity index (χ4v) is 2.08. The van der Waals surface area contributed by atoms with E-state index in [1.54, 1.807) is 0 Å².